The Morgan fingerprint density at radius 3 is 2.76 bits per heavy atom. The molecule has 3 rings (SSSR count). The lowest BCUT2D eigenvalue weighted by atomic mass is 10.1. The molecule has 11 heteroatoms. The third kappa shape index (κ3) is 3.28. The molecule has 0 saturated carbocycles. The van der Waals surface area contributed by atoms with Crippen LogP contribution in [0.5, 0.6) is 0 Å². The molecule has 136 valence electrons. The Kier molecular flexibility index (Phi) is 4.59. The van der Waals surface area contributed by atoms with Gasteiger partial charge >= 0.3 is 17.8 Å². The van der Waals surface area contributed by atoms with E-state index in [9.17, 15) is 14.4 Å². The van der Waals surface area contributed by atoms with Crippen LogP contribution < -0.4 is 11.2 Å². The first-order valence-corrected chi connectivity index (χ1v) is 7.59. The maximum atomic E-state index is 12.1. The zero-order valence-corrected chi connectivity index (χ0v) is 13.4. The second-order valence-electron chi connectivity index (χ2n) is 5.88. The monoisotopic (exact) mass is 355 g/mol. The van der Waals surface area contributed by atoms with Crippen LogP contribution in [-0.4, -0.2) is 51.8 Å². The summed E-state index contributed by atoms with van der Waals surface area (Å²) in [7, 11) is 0. The van der Waals surface area contributed by atoms with E-state index < -0.39 is 42.4 Å². The number of hydrogen-bond donors (Lipinski definition) is 2. The number of fused-ring (bicyclic) bond motifs is 1. The summed E-state index contributed by atoms with van der Waals surface area (Å²) in [6.45, 7) is 3.22. The van der Waals surface area contributed by atoms with E-state index in [1.54, 1.807) is 19.3 Å². The van der Waals surface area contributed by atoms with Crippen LogP contribution in [-0.2, 0) is 23.7 Å². The fourth-order valence-electron chi connectivity index (χ4n) is 2.58. The summed E-state index contributed by atoms with van der Waals surface area (Å²) in [5.41, 5.74) is 1.03. The number of nitrogens with zero attached hydrogens (tertiary/aromatic N) is 2. The first kappa shape index (κ1) is 17.2. The molecule has 4 atom stereocenters. The van der Waals surface area contributed by atoms with Crippen molar-refractivity contribution >= 4 is 17.9 Å². The van der Waals surface area contributed by atoms with Gasteiger partial charge in [-0.05, 0) is 6.07 Å². The maximum absolute atomic E-state index is 12.1. The van der Waals surface area contributed by atoms with Crippen molar-refractivity contribution in [1.82, 2.24) is 9.55 Å². The molecule has 0 aliphatic carbocycles. The number of esters is 1. The average molecular weight is 355 g/mol. The Morgan fingerprint density at radius 1 is 1.40 bits per heavy atom. The van der Waals surface area contributed by atoms with Crippen molar-refractivity contribution in [3.63, 3.8) is 0 Å². The van der Waals surface area contributed by atoms with Gasteiger partial charge in [0.15, 0.2) is 24.3 Å². The molecule has 0 radical (unpaired) electrons. The highest BCUT2D eigenvalue weighted by Gasteiger charge is 2.55. The van der Waals surface area contributed by atoms with Gasteiger partial charge in [-0.1, -0.05) is 13.8 Å². The molecule has 2 aliphatic heterocycles. The number of anilines is 1. The minimum Gasteiger partial charge on any atom is -0.463 e. The molecule has 25 heavy (non-hydrogen) atoms. The van der Waals surface area contributed by atoms with E-state index in [2.05, 4.69) is 4.98 Å². The van der Waals surface area contributed by atoms with E-state index in [4.69, 9.17) is 24.2 Å². The number of hydrogen-bond acceptors (Lipinski definition) is 10. The first-order chi connectivity index (χ1) is 11.9. The Hall–Kier alpha value is -2.66. The van der Waals surface area contributed by atoms with Crippen molar-refractivity contribution in [3.8, 4) is 0 Å². The molecule has 3 heterocycles. The first-order valence-electron chi connectivity index (χ1n) is 7.59. The number of aromatic nitrogens is 2. The Bertz CT molecular complexity index is 733. The summed E-state index contributed by atoms with van der Waals surface area (Å²) < 4.78 is 22.1. The highest BCUT2D eigenvalue weighted by atomic mass is 16.8. The quantitative estimate of drug-likeness (QED) is 0.550. The zero-order valence-electron chi connectivity index (χ0n) is 13.4. The predicted octanol–water partition coefficient (Wildman–Crippen LogP) is 0.0450. The lowest BCUT2D eigenvalue weighted by molar-refractivity contribution is -0.154. The molecule has 1 aromatic rings. The molecular formula is C14H17N3O8. The van der Waals surface area contributed by atoms with Crippen LogP contribution >= 0.6 is 0 Å². The molecule has 11 nitrogen and oxygen atoms in total. The fourth-order valence-corrected chi connectivity index (χ4v) is 2.58. The van der Waals surface area contributed by atoms with Crippen molar-refractivity contribution < 1.29 is 33.7 Å². The standard InChI is InChI=1S/C14H17N3O8/c1-6(2)12(18)22-5-7-9-10(25-14(20)24-9)11(23-7)17-4-3-8(16-21)15-13(17)19/h3-4,6-7,9-11,21H,5H2,1-2H3,(H,15,16,19)/t7-,9?,10+,11-/m1/s1. The largest absolute Gasteiger partial charge is 0.509 e. The lowest BCUT2D eigenvalue weighted by Gasteiger charge is -2.18. The normalized spacial score (nSPS) is 27.6. The van der Waals surface area contributed by atoms with E-state index in [0.717, 1.165) is 4.57 Å². The summed E-state index contributed by atoms with van der Waals surface area (Å²) in [6, 6.07) is 1.34. The molecule has 2 saturated heterocycles. The van der Waals surface area contributed by atoms with E-state index in [1.165, 1.54) is 12.3 Å². The predicted molar refractivity (Wildman–Crippen MR) is 78.8 cm³/mol. The summed E-state index contributed by atoms with van der Waals surface area (Å²) in [5.74, 6) is -0.787. The second kappa shape index (κ2) is 6.69. The number of carbonyl (C=O) groups excluding carboxylic acids is 2. The van der Waals surface area contributed by atoms with Gasteiger partial charge in [0.25, 0.3) is 0 Å². The SMILES string of the molecule is CC(C)C(=O)OC[C@H]1O[C@@H](n2ccc(NO)nc2=O)[C@H]2OC(=O)OC12. The summed E-state index contributed by atoms with van der Waals surface area (Å²) in [5, 5.41) is 8.78. The van der Waals surface area contributed by atoms with Crippen molar-refractivity contribution in [3.05, 3.63) is 22.7 Å². The van der Waals surface area contributed by atoms with E-state index in [-0.39, 0.29) is 18.3 Å². The Balaban J connectivity index is 1.80. The van der Waals surface area contributed by atoms with Gasteiger partial charge in [-0.2, -0.15) is 4.98 Å². The van der Waals surface area contributed by atoms with Crippen LogP contribution in [0.4, 0.5) is 10.6 Å². The number of nitrogens with one attached hydrogen (secondary N) is 1. The molecule has 0 aromatic carbocycles. The highest BCUT2D eigenvalue weighted by Crippen LogP contribution is 2.37. The van der Waals surface area contributed by atoms with Crippen molar-refractivity contribution in [2.45, 2.75) is 38.4 Å². The molecule has 0 amide bonds. The van der Waals surface area contributed by atoms with Crippen LogP contribution in [0.1, 0.15) is 20.1 Å². The molecule has 0 bridgehead atoms. The summed E-state index contributed by atoms with van der Waals surface area (Å²) in [4.78, 5) is 38.7. The average Bonchev–Trinajstić information content (AvgIpc) is 3.10. The van der Waals surface area contributed by atoms with Gasteiger partial charge in [-0.15, -0.1) is 0 Å². The van der Waals surface area contributed by atoms with Gasteiger partial charge < -0.3 is 18.9 Å². The van der Waals surface area contributed by atoms with Gasteiger partial charge in [-0.3, -0.25) is 20.0 Å². The summed E-state index contributed by atoms with van der Waals surface area (Å²) in [6.07, 6.45) is -3.05. The van der Waals surface area contributed by atoms with Crippen molar-refractivity contribution in [2.75, 3.05) is 12.1 Å². The number of carbonyl (C=O) groups is 2. The number of ether oxygens (including phenoxy) is 4. The molecule has 2 fully saturated rings. The fraction of sp³-hybridized carbons (Fsp3) is 0.571. The molecule has 0 spiro atoms. The van der Waals surface area contributed by atoms with Crippen molar-refractivity contribution in [1.29, 1.82) is 0 Å². The van der Waals surface area contributed by atoms with E-state index in [0.29, 0.717) is 0 Å². The van der Waals surface area contributed by atoms with Crippen LogP contribution in [0.2, 0.25) is 0 Å². The second-order valence-corrected chi connectivity index (χ2v) is 5.88. The van der Waals surface area contributed by atoms with Gasteiger partial charge in [0.05, 0.1) is 5.92 Å². The highest BCUT2D eigenvalue weighted by molar-refractivity contribution is 5.71. The zero-order chi connectivity index (χ0) is 18.1. The third-order valence-electron chi connectivity index (χ3n) is 3.83. The molecule has 2 N–H and O–H groups in total. The Labute approximate surface area is 141 Å². The Morgan fingerprint density at radius 2 is 2.12 bits per heavy atom. The van der Waals surface area contributed by atoms with Crippen LogP contribution in [0.15, 0.2) is 17.1 Å². The van der Waals surface area contributed by atoms with Gasteiger partial charge in [-0.25, -0.2) is 9.59 Å². The van der Waals surface area contributed by atoms with Crippen molar-refractivity contribution in [2.24, 2.45) is 5.92 Å². The third-order valence-corrected chi connectivity index (χ3v) is 3.83. The van der Waals surface area contributed by atoms with Gasteiger partial charge in [0, 0.05) is 6.20 Å². The lowest BCUT2D eigenvalue weighted by Crippen LogP contribution is -2.34. The minimum atomic E-state index is -0.994. The van der Waals surface area contributed by atoms with Crippen LogP contribution in [0.25, 0.3) is 0 Å². The van der Waals surface area contributed by atoms with E-state index in [1.807, 2.05) is 0 Å². The molecular weight excluding hydrogens is 338 g/mol. The molecule has 1 unspecified atom stereocenters. The maximum Gasteiger partial charge on any atom is 0.509 e. The summed E-state index contributed by atoms with van der Waals surface area (Å²) >= 11 is 0. The number of rotatable bonds is 5. The topological polar surface area (TPSA) is 138 Å². The van der Waals surface area contributed by atoms with Crippen LogP contribution in [0.3, 0.4) is 0 Å². The molecule has 1 aromatic heterocycles. The van der Waals surface area contributed by atoms with Gasteiger partial charge in [0.1, 0.15) is 12.7 Å². The van der Waals surface area contributed by atoms with Crippen LogP contribution in [0, 0.1) is 5.92 Å². The molecule has 2 aliphatic rings. The van der Waals surface area contributed by atoms with E-state index >= 15 is 0 Å². The smallest absolute Gasteiger partial charge is 0.463 e. The van der Waals surface area contributed by atoms with Gasteiger partial charge in [0.2, 0.25) is 0 Å². The minimum absolute atomic E-state index is 0.0436.